The molecule has 12 heteroatoms. The fourth-order valence-corrected chi connectivity index (χ4v) is 6.42. The van der Waals surface area contributed by atoms with Crippen LogP contribution in [0, 0.1) is 0 Å². The number of anilines is 1. The van der Waals surface area contributed by atoms with E-state index >= 15 is 0 Å². The molecule has 1 aliphatic carbocycles. The molecule has 0 unspecified atom stereocenters. The Morgan fingerprint density at radius 2 is 1.50 bits per heavy atom. The van der Waals surface area contributed by atoms with Gasteiger partial charge in [-0.2, -0.15) is 13.2 Å². The van der Waals surface area contributed by atoms with E-state index in [2.05, 4.69) is 5.32 Å². The van der Waals surface area contributed by atoms with Crippen molar-refractivity contribution in [2.24, 2.45) is 0 Å². The molecule has 4 aromatic carbocycles. The maximum Gasteiger partial charge on any atom is 0.417 e. The molecule has 0 radical (unpaired) electrons. The molecular weight excluding hydrogens is 692 g/mol. The third-order valence-electron chi connectivity index (χ3n) is 8.09. The molecule has 0 heterocycles. The molecule has 0 aliphatic heterocycles. The second-order valence-corrected chi connectivity index (χ2v) is 13.7. The van der Waals surface area contributed by atoms with E-state index in [9.17, 15) is 27.6 Å². The molecule has 0 fully saturated rings. The van der Waals surface area contributed by atoms with Crippen LogP contribution < -0.4 is 10.2 Å². The van der Waals surface area contributed by atoms with E-state index < -0.39 is 52.9 Å². The van der Waals surface area contributed by atoms with Gasteiger partial charge in [0.25, 0.3) is 0 Å². The van der Waals surface area contributed by atoms with Crippen LogP contribution in [0.3, 0.4) is 0 Å². The molecule has 5 rings (SSSR count). The minimum atomic E-state index is -4.64. The number of benzene rings is 4. The van der Waals surface area contributed by atoms with Crippen molar-refractivity contribution in [1.29, 1.82) is 0 Å². The highest BCUT2D eigenvalue weighted by atomic mass is 35.5. The maximum absolute atomic E-state index is 14.3. The van der Waals surface area contributed by atoms with Gasteiger partial charge < -0.3 is 14.8 Å². The van der Waals surface area contributed by atoms with Crippen LogP contribution in [-0.4, -0.2) is 42.8 Å². The number of nitrogens with one attached hydrogen (secondary N) is 1. The monoisotopic (exact) mass is 726 g/mol. The van der Waals surface area contributed by atoms with Gasteiger partial charge in [-0.3, -0.25) is 14.5 Å². The third-order valence-corrected chi connectivity index (χ3v) is 8.64. The lowest BCUT2D eigenvalue weighted by molar-refractivity contribution is -0.153. The largest absolute Gasteiger partial charge is 0.459 e. The molecular formula is C38H35Cl2F3N2O5. The predicted octanol–water partition coefficient (Wildman–Crippen LogP) is 9.23. The Bertz CT molecular complexity index is 1850. The minimum absolute atomic E-state index is 0.0226. The maximum atomic E-state index is 14.3. The lowest BCUT2D eigenvalue weighted by Gasteiger charge is -2.29. The Hall–Kier alpha value is -4.54. The highest BCUT2D eigenvalue weighted by molar-refractivity contribution is 6.31. The van der Waals surface area contributed by atoms with Crippen molar-refractivity contribution in [3.63, 3.8) is 0 Å². The molecule has 0 aromatic heterocycles. The molecule has 2 amide bonds. The number of ether oxygens (including phenoxy) is 2. The van der Waals surface area contributed by atoms with E-state index in [0.717, 1.165) is 33.2 Å². The van der Waals surface area contributed by atoms with Crippen LogP contribution in [0.15, 0.2) is 91.0 Å². The molecule has 1 N–H and O–H groups in total. The molecule has 4 aromatic rings. The first-order chi connectivity index (χ1) is 23.6. The van der Waals surface area contributed by atoms with Gasteiger partial charge in [0.15, 0.2) is 0 Å². The van der Waals surface area contributed by atoms with Gasteiger partial charge in [0.2, 0.25) is 5.91 Å². The number of rotatable bonds is 10. The van der Waals surface area contributed by atoms with Gasteiger partial charge in [0, 0.05) is 16.6 Å². The molecule has 262 valence electrons. The Morgan fingerprint density at radius 1 is 0.860 bits per heavy atom. The number of carbonyl (C=O) groups is 3. The molecule has 1 atom stereocenters. The van der Waals surface area contributed by atoms with Crippen molar-refractivity contribution >= 4 is 46.9 Å². The van der Waals surface area contributed by atoms with Crippen molar-refractivity contribution in [2.75, 3.05) is 18.1 Å². The standard InChI is InChI=1S/C38H35Cl2F3N2O5/c1-37(2,3)50-34(46)21-45(25-10-8-9-24(39)20-25)35(47)33(18-16-23-15-17-31(32(40)19-23)38(41,42)43)44-36(48)49-22-30-28-13-6-4-11-26(28)27-12-5-7-14-29(27)30/h4-15,17,19-20,30,33H,16,18,21-22H2,1-3H3,(H,44,48)/t33-/m0/s1. The quantitative estimate of drug-likeness (QED) is 0.165. The van der Waals surface area contributed by atoms with E-state index in [4.69, 9.17) is 32.7 Å². The number of alkyl halides is 3. The lowest BCUT2D eigenvalue weighted by Crippen LogP contribution is -2.51. The summed E-state index contributed by atoms with van der Waals surface area (Å²) in [5.74, 6) is -1.64. The lowest BCUT2D eigenvalue weighted by atomic mass is 9.98. The summed E-state index contributed by atoms with van der Waals surface area (Å²) in [7, 11) is 0. The van der Waals surface area contributed by atoms with E-state index in [1.165, 1.54) is 18.2 Å². The van der Waals surface area contributed by atoms with E-state index in [1.54, 1.807) is 39.0 Å². The SMILES string of the molecule is CC(C)(C)OC(=O)CN(C(=O)[C@H](CCc1ccc(C(F)(F)F)c(Cl)c1)NC(=O)OCC1c2ccccc2-c2ccccc21)c1cccc(Cl)c1. The van der Waals surface area contributed by atoms with E-state index in [1.807, 2.05) is 48.5 Å². The predicted molar refractivity (Wildman–Crippen MR) is 186 cm³/mol. The van der Waals surface area contributed by atoms with Crippen LogP contribution in [0.25, 0.3) is 11.1 Å². The zero-order chi connectivity index (χ0) is 36.2. The average Bonchev–Trinajstić information content (AvgIpc) is 3.36. The van der Waals surface area contributed by atoms with Crippen LogP contribution in [-0.2, 0) is 31.7 Å². The van der Waals surface area contributed by atoms with Gasteiger partial charge in [-0.1, -0.05) is 83.9 Å². The van der Waals surface area contributed by atoms with Gasteiger partial charge >= 0.3 is 18.2 Å². The van der Waals surface area contributed by atoms with Crippen LogP contribution in [0.1, 0.15) is 55.4 Å². The van der Waals surface area contributed by atoms with Crippen molar-refractivity contribution < 1.29 is 37.0 Å². The van der Waals surface area contributed by atoms with Crippen molar-refractivity contribution in [2.45, 2.75) is 57.3 Å². The Balaban J connectivity index is 1.40. The van der Waals surface area contributed by atoms with Gasteiger partial charge in [-0.25, -0.2) is 4.79 Å². The normalized spacial score (nSPS) is 13.2. The number of esters is 1. The van der Waals surface area contributed by atoms with Crippen molar-refractivity contribution in [3.05, 3.63) is 123 Å². The number of carbonyl (C=O) groups excluding carboxylic acids is 3. The summed E-state index contributed by atoms with van der Waals surface area (Å²) in [6, 6.07) is 24.0. The van der Waals surface area contributed by atoms with Gasteiger partial charge in [-0.05, 0) is 91.8 Å². The van der Waals surface area contributed by atoms with E-state index in [0.29, 0.717) is 10.6 Å². The zero-order valence-electron chi connectivity index (χ0n) is 27.5. The number of nitrogens with zero attached hydrogens (tertiary/aromatic N) is 1. The molecule has 0 saturated carbocycles. The number of aryl methyl sites for hydroxylation is 1. The number of alkyl carbamates (subject to hydrolysis) is 1. The Morgan fingerprint density at radius 3 is 2.08 bits per heavy atom. The molecule has 0 bridgehead atoms. The number of amides is 2. The van der Waals surface area contributed by atoms with Crippen LogP contribution in [0.5, 0.6) is 0 Å². The topological polar surface area (TPSA) is 84.9 Å². The van der Waals surface area contributed by atoms with Gasteiger partial charge in [0.05, 0.1) is 10.6 Å². The highest BCUT2D eigenvalue weighted by Crippen LogP contribution is 2.44. The molecule has 1 aliphatic rings. The smallest absolute Gasteiger partial charge is 0.417 e. The molecule has 0 spiro atoms. The molecule has 50 heavy (non-hydrogen) atoms. The first-order valence-electron chi connectivity index (χ1n) is 15.9. The fraction of sp³-hybridized carbons (Fsp3) is 0.289. The van der Waals surface area contributed by atoms with Crippen molar-refractivity contribution in [1.82, 2.24) is 5.32 Å². The third kappa shape index (κ3) is 8.97. The van der Waals surface area contributed by atoms with Crippen LogP contribution in [0.4, 0.5) is 23.7 Å². The first-order valence-corrected chi connectivity index (χ1v) is 16.6. The summed E-state index contributed by atoms with van der Waals surface area (Å²) in [6.07, 6.45) is -5.55. The van der Waals surface area contributed by atoms with E-state index in [-0.39, 0.29) is 31.1 Å². The highest BCUT2D eigenvalue weighted by Gasteiger charge is 2.35. The average molecular weight is 728 g/mol. The molecule has 0 saturated heterocycles. The van der Waals surface area contributed by atoms with Crippen LogP contribution >= 0.6 is 23.2 Å². The second-order valence-electron chi connectivity index (χ2n) is 12.9. The number of fused-ring (bicyclic) bond motifs is 3. The Labute approximate surface area is 298 Å². The summed E-state index contributed by atoms with van der Waals surface area (Å²) in [5, 5.41) is 2.45. The summed E-state index contributed by atoms with van der Waals surface area (Å²) >= 11 is 12.2. The summed E-state index contributed by atoms with van der Waals surface area (Å²) in [4.78, 5) is 41.8. The van der Waals surface area contributed by atoms with Gasteiger partial charge in [0.1, 0.15) is 24.8 Å². The summed E-state index contributed by atoms with van der Waals surface area (Å²) < 4.78 is 51.2. The summed E-state index contributed by atoms with van der Waals surface area (Å²) in [6.45, 7) is 4.53. The Kier molecular flexibility index (Phi) is 11.1. The minimum Gasteiger partial charge on any atom is -0.459 e. The number of hydrogen-bond donors (Lipinski definition) is 1. The first kappa shape index (κ1) is 36.7. The van der Waals surface area contributed by atoms with Gasteiger partial charge in [-0.15, -0.1) is 0 Å². The number of hydrogen-bond acceptors (Lipinski definition) is 5. The van der Waals surface area contributed by atoms with Crippen LogP contribution in [0.2, 0.25) is 10.0 Å². The number of halogens is 5. The molecule has 7 nitrogen and oxygen atoms in total. The summed E-state index contributed by atoms with van der Waals surface area (Å²) in [5.41, 5.74) is 2.91. The fourth-order valence-electron chi connectivity index (χ4n) is 5.93. The zero-order valence-corrected chi connectivity index (χ0v) is 29.0. The van der Waals surface area contributed by atoms with Crippen molar-refractivity contribution in [3.8, 4) is 11.1 Å². The second kappa shape index (κ2) is 15.1.